The predicted octanol–water partition coefficient (Wildman–Crippen LogP) is 2.96. The minimum atomic E-state index is -0.176. The standard InChI is InChI=1S/C18H22FNO2/c19-17-4-2-1-3-14(17)15-9-16(15)18(21)20(13-5-6-13)10-12-7-8-22-11-12/h1-4,12-13,15-16H,5-11H2. The fourth-order valence-electron chi connectivity index (χ4n) is 3.61. The Morgan fingerprint density at radius 2 is 2.09 bits per heavy atom. The first-order chi connectivity index (χ1) is 10.7. The molecule has 3 fully saturated rings. The van der Waals surface area contributed by atoms with E-state index in [9.17, 15) is 9.18 Å². The van der Waals surface area contributed by atoms with Gasteiger partial charge in [-0.15, -0.1) is 0 Å². The molecule has 1 aromatic rings. The van der Waals surface area contributed by atoms with Gasteiger partial charge >= 0.3 is 0 Å². The van der Waals surface area contributed by atoms with Gasteiger partial charge in [0.15, 0.2) is 0 Å². The van der Waals surface area contributed by atoms with Crippen molar-refractivity contribution in [1.82, 2.24) is 4.90 Å². The Kier molecular flexibility index (Phi) is 3.65. The van der Waals surface area contributed by atoms with Crippen LogP contribution in [0.1, 0.15) is 37.2 Å². The molecule has 4 heteroatoms. The molecule has 22 heavy (non-hydrogen) atoms. The molecular weight excluding hydrogens is 281 g/mol. The number of carbonyl (C=O) groups is 1. The molecule has 0 spiro atoms. The van der Waals surface area contributed by atoms with E-state index in [0.29, 0.717) is 17.5 Å². The van der Waals surface area contributed by atoms with Crippen LogP contribution in [0, 0.1) is 17.7 Å². The highest BCUT2D eigenvalue weighted by Gasteiger charge is 2.49. The molecule has 0 N–H and O–H groups in total. The fraction of sp³-hybridized carbons (Fsp3) is 0.611. The van der Waals surface area contributed by atoms with Gasteiger partial charge in [-0.1, -0.05) is 18.2 Å². The highest BCUT2D eigenvalue weighted by molar-refractivity contribution is 5.83. The van der Waals surface area contributed by atoms with Crippen molar-refractivity contribution >= 4 is 5.91 Å². The van der Waals surface area contributed by atoms with Gasteiger partial charge in [0.2, 0.25) is 5.91 Å². The quantitative estimate of drug-likeness (QED) is 0.837. The summed E-state index contributed by atoms with van der Waals surface area (Å²) in [6.45, 7) is 2.42. The number of carbonyl (C=O) groups excluding carboxylic acids is 1. The van der Waals surface area contributed by atoms with Crippen LogP contribution in [0.4, 0.5) is 4.39 Å². The van der Waals surface area contributed by atoms with Gasteiger partial charge in [-0.2, -0.15) is 0 Å². The molecule has 4 rings (SSSR count). The van der Waals surface area contributed by atoms with E-state index in [1.54, 1.807) is 6.07 Å². The van der Waals surface area contributed by atoms with Crippen LogP contribution in [0.5, 0.6) is 0 Å². The average Bonchev–Trinajstić information content (AvgIpc) is 3.44. The van der Waals surface area contributed by atoms with Gasteiger partial charge in [0, 0.05) is 31.0 Å². The third-order valence-electron chi connectivity index (χ3n) is 5.16. The molecule has 2 saturated carbocycles. The molecule has 0 radical (unpaired) electrons. The molecule has 3 aliphatic rings. The van der Waals surface area contributed by atoms with Gasteiger partial charge in [0.25, 0.3) is 0 Å². The molecule has 0 aromatic heterocycles. The van der Waals surface area contributed by atoms with Gasteiger partial charge in [-0.25, -0.2) is 4.39 Å². The summed E-state index contributed by atoms with van der Waals surface area (Å²) >= 11 is 0. The van der Waals surface area contributed by atoms with Crippen molar-refractivity contribution in [2.24, 2.45) is 11.8 Å². The Morgan fingerprint density at radius 1 is 1.27 bits per heavy atom. The minimum absolute atomic E-state index is 0.0141. The van der Waals surface area contributed by atoms with Crippen molar-refractivity contribution in [1.29, 1.82) is 0 Å². The summed E-state index contributed by atoms with van der Waals surface area (Å²) < 4.78 is 19.3. The summed E-state index contributed by atoms with van der Waals surface area (Å²) in [6.07, 6.45) is 4.09. The summed E-state index contributed by atoms with van der Waals surface area (Å²) in [4.78, 5) is 14.9. The second-order valence-electron chi connectivity index (χ2n) is 6.92. The van der Waals surface area contributed by atoms with E-state index in [1.165, 1.54) is 6.07 Å². The van der Waals surface area contributed by atoms with Crippen LogP contribution in [0.3, 0.4) is 0 Å². The van der Waals surface area contributed by atoms with Crippen molar-refractivity contribution in [3.63, 3.8) is 0 Å². The Bertz CT molecular complexity index is 566. The van der Waals surface area contributed by atoms with Crippen molar-refractivity contribution in [2.45, 2.75) is 37.6 Å². The molecule has 118 valence electrons. The van der Waals surface area contributed by atoms with Crippen LogP contribution >= 0.6 is 0 Å². The van der Waals surface area contributed by atoms with E-state index in [2.05, 4.69) is 4.90 Å². The van der Waals surface area contributed by atoms with E-state index < -0.39 is 0 Å². The lowest BCUT2D eigenvalue weighted by Crippen LogP contribution is -2.38. The second-order valence-corrected chi connectivity index (χ2v) is 6.92. The topological polar surface area (TPSA) is 29.5 Å². The zero-order valence-electron chi connectivity index (χ0n) is 12.7. The highest BCUT2D eigenvalue weighted by atomic mass is 19.1. The number of halogens is 1. The normalized spacial score (nSPS) is 30.3. The van der Waals surface area contributed by atoms with Crippen LogP contribution in [0.15, 0.2) is 24.3 Å². The molecule has 1 saturated heterocycles. The van der Waals surface area contributed by atoms with Gasteiger partial charge in [0.1, 0.15) is 5.82 Å². The van der Waals surface area contributed by atoms with Crippen LogP contribution in [0.25, 0.3) is 0 Å². The minimum Gasteiger partial charge on any atom is -0.381 e. The van der Waals surface area contributed by atoms with Crippen molar-refractivity contribution in [2.75, 3.05) is 19.8 Å². The Balaban J connectivity index is 1.43. The first kappa shape index (κ1) is 14.2. The highest BCUT2D eigenvalue weighted by Crippen LogP contribution is 2.50. The molecule has 2 aliphatic carbocycles. The summed E-state index contributed by atoms with van der Waals surface area (Å²) in [5.74, 6) is 0.609. The lowest BCUT2D eigenvalue weighted by Gasteiger charge is -2.25. The molecule has 1 aliphatic heterocycles. The second kappa shape index (κ2) is 5.65. The zero-order chi connectivity index (χ0) is 15.1. The monoisotopic (exact) mass is 303 g/mol. The zero-order valence-corrected chi connectivity index (χ0v) is 12.7. The molecule has 3 atom stereocenters. The predicted molar refractivity (Wildman–Crippen MR) is 80.9 cm³/mol. The summed E-state index contributed by atoms with van der Waals surface area (Å²) in [5, 5.41) is 0. The third kappa shape index (κ3) is 2.76. The van der Waals surface area contributed by atoms with Gasteiger partial charge in [-0.3, -0.25) is 4.79 Å². The van der Waals surface area contributed by atoms with E-state index in [4.69, 9.17) is 4.74 Å². The number of hydrogen-bond acceptors (Lipinski definition) is 2. The molecule has 3 unspecified atom stereocenters. The maximum atomic E-state index is 13.9. The number of amides is 1. The number of rotatable bonds is 5. The van der Waals surface area contributed by atoms with E-state index in [1.807, 2.05) is 12.1 Å². The molecule has 1 aromatic carbocycles. The first-order valence-electron chi connectivity index (χ1n) is 8.36. The van der Waals surface area contributed by atoms with E-state index >= 15 is 0 Å². The number of nitrogens with zero attached hydrogens (tertiary/aromatic N) is 1. The van der Waals surface area contributed by atoms with Gasteiger partial charge < -0.3 is 9.64 Å². The van der Waals surface area contributed by atoms with Gasteiger partial charge in [-0.05, 0) is 43.2 Å². The number of benzene rings is 1. The van der Waals surface area contributed by atoms with Crippen LogP contribution in [-0.4, -0.2) is 36.6 Å². The average molecular weight is 303 g/mol. The third-order valence-corrected chi connectivity index (χ3v) is 5.16. The fourth-order valence-corrected chi connectivity index (χ4v) is 3.61. The van der Waals surface area contributed by atoms with Crippen molar-refractivity contribution in [3.05, 3.63) is 35.6 Å². The molecular formula is C18H22FNO2. The first-order valence-corrected chi connectivity index (χ1v) is 8.36. The lowest BCUT2D eigenvalue weighted by atomic mass is 10.1. The van der Waals surface area contributed by atoms with Crippen LogP contribution < -0.4 is 0 Å². The van der Waals surface area contributed by atoms with Crippen molar-refractivity contribution < 1.29 is 13.9 Å². The molecule has 3 nitrogen and oxygen atoms in total. The lowest BCUT2D eigenvalue weighted by molar-refractivity contribution is -0.134. The van der Waals surface area contributed by atoms with Crippen LogP contribution in [-0.2, 0) is 9.53 Å². The van der Waals surface area contributed by atoms with Crippen molar-refractivity contribution in [3.8, 4) is 0 Å². The summed E-state index contributed by atoms with van der Waals surface area (Å²) in [5.41, 5.74) is 0.709. The molecule has 0 bridgehead atoms. The molecule has 1 amide bonds. The largest absolute Gasteiger partial charge is 0.381 e. The number of ether oxygens (including phenoxy) is 1. The van der Waals surface area contributed by atoms with Crippen LogP contribution in [0.2, 0.25) is 0 Å². The SMILES string of the molecule is O=C(C1CC1c1ccccc1F)N(CC1CCOC1)C1CC1. The summed E-state index contributed by atoms with van der Waals surface area (Å²) in [6, 6.07) is 7.29. The maximum Gasteiger partial charge on any atom is 0.226 e. The van der Waals surface area contributed by atoms with E-state index in [-0.39, 0.29) is 23.6 Å². The Labute approximate surface area is 130 Å². The van der Waals surface area contributed by atoms with E-state index in [0.717, 1.165) is 45.4 Å². The Hall–Kier alpha value is -1.42. The smallest absolute Gasteiger partial charge is 0.226 e. The summed E-state index contributed by atoms with van der Waals surface area (Å²) in [7, 11) is 0. The van der Waals surface area contributed by atoms with Gasteiger partial charge in [0.05, 0.1) is 6.61 Å². The molecule has 1 heterocycles. The maximum absolute atomic E-state index is 13.9. The number of hydrogen-bond donors (Lipinski definition) is 0. The Morgan fingerprint density at radius 3 is 2.77 bits per heavy atom.